The number of para-hydroxylation sites is 3. The van der Waals surface area contributed by atoms with Gasteiger partial charge in [-0.1, -0.05) is 66.7 Å². The summed E-state index contributed by atoms with van der Waals surface area (Å²) in [6.07, 6.45) is 2.63. The number of nitrogen functional groups attached to an aromatic ring is 1. The Kier molecular flexibility index (Phi) is 7.65. The van der Waals surface area contributed by atoms with Gasteiger partial charge in [0, 0.05) is 5.39 Å². The first-order valence-corrected chi connectivity index (χ1v) is 11.5. The first kappa shape index (κ1) is 23.9. The third kappa shape index (κ3) is 5.99. The van der Waals surface area contributed by atoms with Crippen molar-refractivity contribution in [2.24, 2.45) is 0 Å². The highest BCUT2D eigenvalue weighted by Crippen LogP contribution is 2.34. The van der Waals surface area contributed by atoms with Gasteiger partial charge in [-0.05, 0) is 60.2 Å². The number of hydrogen-bond donors (Lipinski definition) is 4. The van der Waals surface area contributed by atoms with Crippen molar-refractivity contribution in [1.82, 2.24) is 0 Å². The van der Waals surface area contributed by atoms with Crippen molar-refractivity contribution >= 4 is 28.1 Å². The molecular formula is C29H28N2O4. The lowest BCUT2D eigenvalue weighted by atomic mass is 9.94. The van der Waals surface area contributed by atoms with Crippen LogP contribution < -0.4 is 15.8 Å². The van der Waals surface area contributed by atoms with Crippen molar-refractivity contribution in [3.8, 4) is 11.5 Å². The molecule has 4 aromatic rings. The summed E-state index contributed by atoms with van der Waals surface area (Å²) in [7, 11) is 0. The third-order valence-corrected chi connectivity index (χ3v) is 5.74. The molecule has 5 N–H and O–H groups in total. The normalized spacial score (nSPS) is 12.9. The third-order valence-electron chi connectivity index (χ3n) is 5.74. The second-order valence-corrected chi connectivity index (χ2v) is 8.19. The number of carbonyl (C=O) groups is 1. The van der Waals surface area contributed by atoms with Gasteiger partial charge in [-0.15, -0.1) is 0 Å². The highest BCUT2D eigenvalue weighted by molar-refractivity contribution is 6.01. The maximum absolute atomic E-state index is 12.3. The number of ether oxygens (including phenoxy) is 1. The number of phenolic OH excluding ortho intramolecular Hbond substituents is 1. The Balaban J connectivity index is 1.49. The summed E-state index contributed by atoms with van der Waals surface area (Å²) in [6, 6.07) is 27.1. The van der Waals surface area contributed by atoms with Crippen LogP contribution in [-0.2, 0) is 4.79 Å². The number of aliphatic hydroxyl groups excluding tert-OH is 1. The Morgan fingerprint density at radius 2 is 1.60 bits per heavy atom. The number of aromatic hydroxyl groups is 1. The lowest BCUT2D eigenvalue weighted by Crippen LogP contribution is -2.25. The van der Waals surface area contributed by atoms with Crippen LogP contribution in [0.25, 0.3) is 10.8 Å². The van der Waals surface area contributed by atoms with Gasteiger partial charge in [0.25, 0.3) is 0 Å². The van der Waals surface area contributed by atoms with Gasteiger partial charge in [0.2, 0.25) is 5.91 Å². The van der Waals surface area contributed by atoms with E-state index in [1.165, 1.54) is 6.08 Å². The van der Waals surface area contributed by atoms with E-state index in [4.69, 9.17) is 10.5 Å². The summed E-state index contributed by atoms with van der Waals surface area (Å²) in [5.41, 5.74) is 7.60. The zero-order chi connectivity index (χ0) is 24.6. The molecule has 0 aromatic heterocycles. The number of anilines is 2. The predicted molar refractivity (Wildman–Crippen MR) is 139 cm³/mol. The Morgan fingerprint density at radius 3 is 2.37 bits per heavy atom. The second kappa shape index (κ2) is 11.2. The SMILES string of the molecule is Nc1ccccc1NC(=O)/C=C/CC[C@H](Oc1ccccc1)[C@@H](O)c1ccc(O)c2ccccc12. The lowest BCUT2D eigenvalue weighted by molar-refractivity contribution is -0.111. The van der Waals surface area contributed by atoms with Crippen molar-refractivity contribution in [3.05, 3.63) is 109 Å². The van der Waals surface area contributed by atoms with Crippen molar-refractivity contribution in [1.29, 1.82) is 0 Å². The van der Waals surface area contributed by atoms with E-state index in [9.17, 15) is 15.0 Å². The summed E-state index contributed by atoms with van der Waals surface area (Å²) in [5.74, 6) is 0.513. The molecule has 0 aliphatic carbocycles. The fraction of sp³-hybridized carbons (Fsp3) is 0.138. The summed E-state index contributed by atoms with van der Waals surface area (Å²) < 4.78 is 6.16. The van der Waals surface area contributed by atoms with Gasteiger partial charge >= 0.3 is 0 Å². The highest BCUT2D eigenvalue weighted by Gasteiger charge is 2.24. The molecule has 0 saturated heterocycles. The van der Waals surface area contributed by atoms with E-state index in [0.717, 1.165) is 5.39 Å². The van der Waals surface area contributed by atoms with Crippen molar-refractivity contribution in [2.75, 3.05) is 11.1 Å². The second-order valence-electron chi connectivity index (χ2n) is 8.19. The number of allylic oxidation sites excluding steroid dienone is 1. The average molecular weight is 469 g/mol. The monoisotopic (exact) mass is 468 g/mol. The number of nitrogens with one attached hydrogen (secondary N) is 1. The van der Waals surface area contributed by atoms with Crippen LogP contribution in [-0.4, -0.2) is 22.2 Å². The van der Waals surface area contributed by atoms with E-state index in [-0.39, 0.29) is 11.7 Å². The average Bonchev–Trinajstić information content (AvgIpc) is 2.88. The highest BCUT2D eigenvalue weighted by atomic mass is 16.5. The molecule has 0 aliphatic heterocycles. The summed E-state index contributed by atoms with van der Waals surface area (Å²) in [4.78, 5) is 12.3. The predicted octanol–water partition coefficient (Wildman–Crippen LogP) is 5.58. The Hall–Kier alpha value is -4.29. The van der Waals surface area contributed by atoms with Crippen LogP contribution >= 0.6 is 0 Å². The standard InChI is InChI=1S/C29H28N2O4/c30-24-14-6-7-15-25(24)31-28(33)17-9-8-16-27(35-20-10-2-1-3-11-20)29(34)23-18-19-26(32)22-13-5-4-12-21(22)23/h1-7,9-15,17-19,27,29,32,34H,8,16,30H2,(H,31,33)/b17-9+/t27-,29-/m0/s1. The molecule has 0 aliphatic rings. The number of nitrogens with two attached hydrogens (primary N) is 1. The molecule has 0 unspecified atom stereocenters. The maximum atomic E-state index is 12.3. The van der Waals surface area contributed by atoms with Gasteiger partial charge in [0.1, 0.15) is 23.7 Å². The molecular weight excluding hydrogens is 440 g/mol. The first-order chi connectivity index (χ1) is 17.0. The van der Waals surface area contributed by atoms with E-state index in [2.05, 4.69) is 5.32 Å². The van der Waals surface area contributed by atoms with Crippen molar-refractivity contribution in [3.63, 3.8) is 0 Å². The van der Waals surface area contributed by atoms with Crippen LogP contribution in [0.5, 0.6) is 11.5 Å². The van der Waals surface area contributed by atoms with Gasteiger partial charge in [0.15, 0.2) is 0 Å². The van der Waals surface area contributed by atoms with E-state index in [1.807, 2.05) is 54.6 Å². The van der Waals surface area contributed by atoms with Crippen LogP contribution in [0, 0.1) is 0 Å². The molecule has 0 bridgehead atoms. The number of carbonyl (C=O) groups excluding carboxylic acids is 1. The molecule has 0 saturated carbocycles. The molecule has 0 radical (unpaired) electrons. The smallest absolute Gasteiger partial charge is 0.248 e. The number of amides is 1. The molecule has 1 amide bonds. The van der Waals surface area contributed by atoms with Gasteiger partial charge in [-0.2, -0.15) is 0 Å². The minimum absolute atomic E-state index is 0.157. The topological polar surface area (TPSA) is 105 Å². The van der Waals surface area contributed by atoms with Gasteiger partial charge in [0.05, 0.1) is 11.4 Å². The van der Waals surface area contributed by atoms with Crippen LogP contribution in [0.2, 0.25) is 0 Å². The zero-order valence-electron chi connectivity index (χ0n) is 19.2. The molecule has 0 fully saturated rings. The van der Waals surface area contributed by atoms with E-state index >= 15 is 0 Å². The Bertz CT molecular complexity index is 1320. The van der Waals surface area contributed by atoms with Gasteiger partial charge < -0.3 is 26.0 Å². The maximum Gasteiger partial charge on any atom is 0.248 e. The van der Waals surface area contributed by atoms with Crippen molar-refractivity contribution in [2.45, 2.75) is 25.0 Å². The molecule has 0 spiro atoms. The summed E-state index contributed by atoms with van der Waals surface area (Å²) in [6.45, 7) is 0. The van der Waals surface area contributed by atoms with Gasteiger partial charge in [-0.3, -0.25) is 4.79 Å². The van der Waals surface area contributed by atoms with Crippen LogP contribution in [0.4, 0.5) is 11.4 Å². The largest absolute Gasteiger partial charge is 0.507 e. The van der Waals surface area contributed by atoms with E-state index < -0.39 is 12.2 Å². The summed E-state index contributed by atoms with van der Waals surface area (Å²) in [5, 5.41) is 25.8. The quantitative estimate of drug-likeness (QED) is 0.189. The van der Waals surface area contributed by atoms with Gasteiger partial charge in [-0.25, -0.2) is 0 Å². The number of fused-ring (bicyclic) bond motifs is 1. The number of benzene rings is 4. The van der Waals surface area contributed by atoms with Crippen molar-refractivity contribution < 1.29 is 19.7 Å². The minimum Gasteiger partial charge on any atom is -0.507 e. The van der Waals surface area contributed by atoms with Crippen LogP contribution in [0.1, 0.15) is 24.5 Å². The lowest BCUT2D eigenvalue weighted by Gasteiger charge is -2.25. The van der Waals surface area contributed by atoms with E-state index in [1.54, 1.807) is 42.5 Å². The molecule has 178 valence electrons. The molecule has 4 rings (SSSR count). The fourth-order valence-electron chi connectivity index (χ4n) is 3.96. The Labute approximate surface area is 204 Å². The molecule has 4 aromatic carbocycles. The first-order valence-electron chi connectivity index (χ1n) is 11.5. The molecule has 6 nitrogen and oxygen atoms in total. The number of phenols is 1. The number of rotatable bonds is 9. The molecule has 0 heterocycles. The fourth-order valence-corrected chi connectivity index (χ4v) is 3.96. The zero-order valence-corrected chi connectivity index (χ0v) is 19.2. The van der Waals surface area contributed by atoms with E-state index in [0.29, 0.717) is 40.9 Å². The molecule has 35 heavy (non-hydrogen) atoms. The molecule has 6 heteroatoms. The number of hydrogen-bond acceptors (Lipinski definition) is 5. The number of aliphatic hydroxyl groups is 1. The van der Waals surface area contributed by atoms with Crippen LogP contribution in [0.15, 0.2) is 103 Å². The summed E-state index contributed by atoms with van der Waals surface area (Å²) >= 11 is 0. The molecule has 2 atom stereocenters. The Morgan fingerprint density at radius 1 is 0.914 bits per heavy atom. The minimum atomic E-state index is -0.952. The van der Waals surface area contributed by atoms with Crippen LogP contribution in [0.3, 0.4) is 0 Å².